The van der Waals surface area contributed by atoms with Gasteiger partial charge in [0.1, 0.15) is 5.69 Å². The quantitative estimate of drug-likeness (QED) is 0.849. The smallest absolute Gasteiger partial charge is 0.270 e. The topological polar surface area (TPSA) is 28.5 Å². The number of benzene rings is 1. The first-order chi connectivity index (χ1) is 11.7. The summed E-state index contributed by atoms with van der Waals surface area (Å²) in [6, 6.07) is 13.3. The summed E-state index contributed by atoms with van der Waals surface area (Å²) in [7, 11) is 1.93. The van der Waals surface area contributed by atoms with Crippen molar-refractivity contribution in [3.8, 4) is 0 Å². The fraction of sp³-hybridized carbons (Fsp3) is 0.450. The van der Waals surface area contributed by atoms with Crippen LogP contribution in [0.2, 0.25) is 0 Å². The van der Waals surface area contributed by atoms with Gasteiger partial charge in [0.25, 0.3) is 5.91 Å². The van der Waals surface area contributed by atoms with Crippen LogP contribution in [0.25, 0.3) is 0 Å². The highest BCUT2D eigenvalue weighted by atomic mass is 16.2. The van der Waals surface area contributed by atoms with E-state index in [9.17, 15) is 4.79 Å². The van der Waals surface area contributed by atoms with Crippen LogP contribution in [-0.4, -0.2) is 52.5 Å². The molecule has 4 nitrogen and oxygen atoms in total. The number of hydrogen-bond donors (Lipinski definition) is 0. The van der Waals surface area contributed by atoms with Gasteiger partial charge in [-0.05, 0) is 42.5 Å². The van der Waals surface area contributed by atoms with Crippen molar-refractivity contribution >= 4 is 5.91 Å². The third-order valence-corrected chi connectivity index (χ3v) is 5.60. The van der Waals surface area contributed by atoms with Crippen molar-refractivity contribution in [3.05, 3.63) is 59.4 Å². The standard InChI is InChI=1S/C20H25N3O/c1-21-10-4-7-19(21)20(24)23-13-11-22(12-14-23)18-9-8-16-5-2-3-6-17(16)15-18/h2-7,10,18H,8-9,11-15H2,1H3. The fourth-order valence-electron chi connectivity index (χ4n) is 4.13. The van der Waals surface area contributed by atoms with E-state index in [0.717, 1.165) is 38.3 Å². The second-order valence-corrected chi connectivity index (χ2v) is 7.00. The van der Waals surface area contributed by atoms with Gasteiger partial charge >= 0.3 is 0 Å². The number of carbonyl (C=O) groups is 1. The number of nitrogens with zero attached hydrogens (tertiary/aromatic N) is 3. The average molecular weight is 323 g/mol. The highest BCUT2D eigenvalue weighted by Gasteiger charge is 2.29. The Morgan fingerprint density at radius 2 is 1.75 bits per heavy atom. The molecular weight excluding hydrogens is 298 g/mol. The Morgan fingerprint density at radius 1 is 1.00 bits per heavy atom. The Bertz CT molecular complexity index is 728. The highest BCUT2D eigenvalue weighted by Crippen LogP contribution is 2.25. The molecule has 1 aliphatic heterocycles. The van der Waals surface area contributed by atoms with Crippen molar-refractivity contribution in [2.45, 2.75) is 25.3 Å². The monoisotopic (exact) mass is 323 g/mol. The Balaban J connectivity index is 1.37. The number of aryl methyl sites for hydroxylation is 2. The van der Waals surface area contributed by atoms with Gasteiger partial charge in [0.2, 0.25) is 0 Å². The Hall–Kier alpha value is -2.07. The van der Waals surface area contributed by atoms with E-state index in [1.165, 1.54) is 24.0 Å². The van der Waals surface area contributed by atoms with Crippen molar-refractivity contribution in [3.63, 3.8) is 0 Å². The molecule has 1 aliphatic carbocycles. The van der Waals surface area contributed by atoms with Gasteiger partial charge in [-0.2, -0.15) is 0 Å². The molecule has 126 valence electrons. The van der Waals surface area contributed by atoms with Gasteiger partial charge < -0.3 is 9.47 Å². The van der Waals surface area contributed by atoms with E-state index in [-0.39, 0.29) is 5.91 Å². The molecule has 1 atom stereocenters. The van der Waals surface area contributed by atoms with Crippen LogP contribution in [0.15, 0.2) is 42.6 Å². The van der Waals surface area contributed by atoms with Crippen LogP contribution in [0.4, 0.5) is 0 Å². The van der Waals surface area contributed by atoms with Crippen molar-refractivity contribution in [1.82, 2.24) is 14.4 Å². The molecule has 2 aliphatic rings. The van der Waals surface area contributed by atoms with Gasteiger partial charge in [0, 0.05) is 45.5 Å². The van der Waals surface area contributed by atoms with Crippen LogP contribution in [0, 0.1) is 0 Å². The molecule has 1 aromatic heterocycles. The number of piperazine rings is 1. The Labute approximate surface area is 143 Å². The van der Waals surface area contributed by atoms with Gasteiger partial charge in [0.05, 0.1) is 0 Å². The first kappa shape index (κ1) is 15.5. The first-order valence-electron chi connectivity index (χ1n) is 8.94. The van der Waals surface area contributed by atoms with E-state index in [4.69, 9.17) is 0 Å². The molecule has 0 spiro atoms. The molecule has 24 heavy (non-hydrogen) atoms. The number of fused-ring (bicyclic) bond motifs is 1. The molecule has 1 fully saturated rings. The van der Waals surface area contributed by atoms with Gasteiger partial charge in [-0.3, -0.25) is 9.69 Å². The minimum absolute atomic E-state index is 0.163. The third kappa shape index (κ3) is 2.86. The van der Waals surface area contributed by atoms with Crippen LogP contribution < -0.4 is 0 Å². The van der Waals surface area contributed by atoms with Gasteiger partial charge in [-0.15, -0.1) is 0 Å². The van der Waals surface area contributed by atoms with E-state index in [1.54, 1.807) is 0 Å². The van der Waals surface area contributed by atoms with Crippen molar-refractivity contribution < 1.29 is 4.79 Å². The van der Waals surface area contributed by atoms with E-state index in [1.807, 2.05) is 34.8 Å². The summed E-state index contributed by atoms with van der Waals surface area (Å²) in [6.07, 6.45) is 5.51. The third-order valence-electron chi connectivity index (χ3n) is 5.60. The number of carbonyl (C=O) groups excluding carboxylic acids is 1. The van der Waals surface area contributed by atoms with E-state index >= 15 is 0 Å². The van der Waals surface area contributed by atoms with Gasteiger partial charge in [0.15, 0.2) is 0 Å². The summed E-state index contributed by atoms with van der Waals surface area (Å²) in [5, 5.41) is 0. The zero-order chi connectivity index (χ0) is 16.5. The molecule has 1 aromatic carbocycles. The maximum absolute atomic E-state index is 12.6. The lowest BCUT2D eigenvalue weighted by Gasteiger charge is -2.41. The van der Waals surface area contributed by atoms with Crippen LogP contribution in [0.5, 0.6) is 0 Å². The summed E-state index contributed by atoms with van der Waals surface area (Å²) in [5.41, 5.74) is 3.82. The number of amides is 1. The summed E-state index contributed by atoms with van der Waals surface area (Å²) < 4.78 is 1.91. The maximum atomic E-state index is 12.6. The summed E-state index contributed by atoms with van der Waals surface area (Å²) >= 11 is 0. The number of rotatable bonds is 2. The molecule has 0 saturated carbocycles. The lowest BCUT2D eigenvalue weighted by Crippen LogP contribution is -2.53. The second-order valence-electron chi connectivity index (χ2n) is 7.00. The van der Waals surface area contributed by atoms with E-state index in [2.05, 4.69) is 29.2 Å². The lowest BCUT2D eigenvalue weighted by molar-refractivity contribution is 0.0544. The molecular formula is C20H25N3O. The normalized spacial score (nSPS) is 21.5. The Morgan fingerprint density at radius 3 is 2.46 bits per heavy atom. The van der Waals surface area contributed by atoms with Crippen LogP contribution >= 0.6 is 0 Å². The summed E-state index contributed by atoms with van der Waals surface area (Å²) in [4.78, 5) is 17.2. The van der Waals surface area contributed by atoms with Crippen molar-refractivity contribution in [2.24, 2.45) is 7.05 Å². The summed E-state index contributed by atoms with van der Waals surface area (Å²) in [5.74, 6) is 0.163. The van der Waals surface area contributed by atoms with Crippen molar-refractivity contribution in [1.29, 1.82) is 0 Å². The van der Waals surface area contributed by atoms with E-state index in [0.29, 0.717) is 6.04 Å². The van der Waals surface area contributed by atoms with Crippen LogP contribution in [0.3, 0.4) is 0 Å². The van der Waals surface area contributed by atoms with E-state index < -0.39 is 0 Å². The summed E-state index contributed by atoms with van der Waals surface area (Å²) in [6.45, 7) is 3.65. The molecule has 2 aromatic rings. The molecule has 4 rings (SSSR count). The lowest BCUT2D eigenvalue weighted by atomic mass is 9.87. The highest BCUT2D eigenvalue weighted by molar-refractivity contribution is 5.92. The van der Waals surface area contributed by atoms with Gasteiger partial charge in [-0.1, -0.05) is 24.3 Å². The van der Waals surface area contributed by atoms with Crippen LogP contribution in [-0.2, 0) is 19.9 Å². The SMILES string of the molecule is Cn1cccc1C(=O)N1CCN(C2CCc3ccccc3C2)CC1. The molecule has 1 amide bonds. The van der Waals surface area contributed by atoms with Crippen LogP contribution in [0.1, 0.15) is 28.0 Å². The molecule has 0 radical (unpaired) electrons. The molecule has 0 N–H and O–H groups in total. The molecule has 2 heterocycles. The Kier molecular flexibility index (Phi) is 4.15. The predicted octanol–water partition coefficient (Wildman–Crippen LogP) is 2.34. The first-order valence-corrected chi connectivity index (χ1v) is 8.94. The number of hydrogen-bond acceptors (Lipinski definition) is 2. The largest absolute Gasteiger partial charge is 0.347 e. The molecule has 1 unspecified atom stereocenters. The zero-order valence-corrected chi connectivity index (χ0v) is 14.3. The fourth-order valence-corrected chi connectivity index (χ4v) is 4.13. The minimum Gasteiger partial charge on any atom is -0.347 e. The predicted molar refractivity (Wildman–Crippen MR) is 95.1 cm³/mol. The average Bonchev–Trinajstić information content (AvgIpc) is 3.07. The van der Waals surface area contributed by atoms with Crippen molar-refractivity contribution in [2.75, 3.05) is 26.2 Å². The maximum Gasteiger partial charge on any atom is 0.270 e. The molecule has 4 heteroatoms. The number of aromatic nitrogens is 1. The van der Waals surface area contributed by atoms with Gasteiger partial charge in [-0.25, -0.2) is 0 Å². The molecule has 1 saturated heterocycles. The molecule has 0 bridgehead atoms. The second kappa shape index (κ2) is 6.44. The zero-order valence-electron chi connectivity index (χ0n) is 14.3. The minimum atomic E-state index is 0.163.